The van der Waals surface area contributed by atoms with Gasteiger partial charge in [-0.1, -0.05) is 17.3 Å². The molecular formula is C15H19FN4O3S. The highest BCUT2D eigenvalue weighted by Gasteiger charge is 2.42. The number of ether oxygens (including phenoxy) is 1. The summed E-state index contributed by atoms with van der Waals surface area (Å²) in [6.07, 6.45) is 1.38. The molecule has 0 unspecified atom stereocenters. The van der Waals surface area contributed by atoms with Crippen molar-refractivity contribution in [1.29, 1.82) is 0 Å². The summed E-state index contributed by atoms with van der Waals surface area (Å²) in [4.78, 5) is -0.278. The third-order valence-electron chi connectivity index (χ3n) is 4.30. The zero-order chi connectivity index (χ0) is 17.5. The van der Waals surface area contributed by atoms with Crippen LogP contribution in [-0.2, 0) is 21.8 Å². The number of rotatable bonds is 4. The summed E-state index contributed by atoms with van der Waals surface area (Å²) in [6, 6.07) is 4.23. The Labute approximate surface area is 140 Å². The number of hydrogen-bond donors (Lipinski definition) is 0. The monoisotopic (exact) mass is 354 g/mol. The van der Waals surface area contributed by atoms with E-state index < -0.39 is 15.8 Å². The summed E-state index contributed by atoms with van der Waals surface area (Å²) >= 11 is 0. The highest BCUT2D eigenvalue weighted by atomic mass is 32.2. The molecule has 0 aliphatic carbocycles. The fourth-order valence-corrected chi connectivity index (χ4v) is 4.81. The van der Waals surface area contributed by atoms with Gasteiger partial charge in [-0.15, -0.1) is 5.10 Å². The Morgan fingerprint density at radius 1 is 1.33 bits per heavy atom. The molecule has 1 aliphatic rings. The van der Waals surface area contributed by atoms with Crippen LogP contribution in [0.4, 0.5) is 4.39 Å². The Kier molecular flexibility index (Phi) is 4.41. The Morgan fingerprint density at radius 2 is 2.08 bits per heavy atom. The molecule has 7 nitrogen and oxygen atoms in total. The second-order valence-electron chi connectivity index (χ2n) is 5.91. The normalized spacial score (nSPS) is 22.2. The van der Waals surface area contributed by atoms with Crippen LogP contribution in [0.3, 0.4) is 0 Å². The first-order valence-corrected chi connectivity index (χ1v) is 8.93. The molecule has 0 bridgehead atoms. The fraction of sp³-hybridized carbons (Fsp3) is 0.467. The quantitative estimate of drug-likeness (QED) is 0.821. The molecule has 1 aliphatic heterocycles. The number of sulfonamides is 1. The van der Waals surface area contributed by atoms with E-state index in [1.165, 1.54) is 17.5 Å². The van der Waals surface area contributed by atoms with Gasteiger partial charge < -0.3 is 4.74 Å². The molecule has 2 heterocycles. The van der Waals surface area contributed by atoms with Crippen molar-refractivity contribution in [3.8, 4) is 0 Å². The minimum Gasteiger partial charge on any atom is -0.379 e. The van der Waals surface area contributed by atoms with Crippen LogP contribution in [0.15, 0.2) is 29.3 Å². The van der Waals surface area contributed by atoms with Gasteiger partial charge in [0.15, 0.2) is 0 Å². The maximum atomic E-state index is 14.1. The van der Waals surface area contributed by atoms with Gasteiger partial charge in [0.2, 0.25) is 10.0 Å². The van der Waals surface area contributed by atoms with E-state index in [9.17, 15) is 12.8 Å². The minimum absolute atomic E-state index is 0.147. The number of aryl methyl sites for hydroxylation is 2. The van der Waals surface area contributed by atoms with Gasteiger partial charge in [-0.2, -0.15) is 4.31 Å². The summed E-state index contributed by atoms with van der Waals surface area (Å²) in [7, 11) is -0.687. The van der Waals surface area contributed by atoms with Gasteiger partial charge in [0, 0.05) is 39.4 Å². The molecule has 1 aromatic heterocycles. The molecule has 1 aromatic carbocycles. The van der Waals surface area contributed by atoms with E-state index in [4.69, 9.17) is 4.74 Å². The Balaban J connectivity index is 1.95. The first-order valence-electron chi connectivity index (χ1n) is 7.49. The van der Waals surface area contributed by atoms with Crippen LogP contribution < -0.4 is 0 Å². The van der Waals surface area contributed by atoms with Crippen molar-refractivity contribution in [3.63, 3.8) is 0 Å². The molecule has 0 spiro atoms. The van der Waals surface area contributed by atoms with Gasteiger partial charge >= 0.3 is 0 Å². The van der Waals surface area contributed by atoms with Crippen LogP contribution >= 0.6 is 0 Å². The van der Waals surface area contributed by atoms with E-state index in [-0.39, 0.29) is 30.0 Å². The van der Waals surface area contributed by atoms with Gasteiger partial charge in [-0.25, -0.2) is 12.8 Å². The lowest BCUT2D eigenvalue weighted by Crippen LogP contribution is -2.31. The number of aromatic nitrogens is 3. The molecule has 130 valence electrons. The number of nitrogens with zero attached hydrogens (tertiary/aromatic N) is 4. The molecule has 24 heavy (non-hydrogen) atoms. The molecule has 1 fully saturated rings. The van der Waals surface area contributed by atoms with Gasteiger partial charge in [0.1, 0.15) is 10.7 Å². The summed E-state index contributed by atoms with van der Waals surface area (Å²) in [5.74, 6) is -0.988. The molecule has 1 saturated heterocycles. The van der Waals surface area contributed by atoms with Crippen LogP contribution in [-0.4, -0.2) is 54.0 Å². The average Bonchev–Trinajstić information content (AvgIpc) is 3.12. The van der Waals surface area contributed by atoms with Gasteiger partial charge in [0.05, 0.1) is 11.8 Å². The van der Waals surface area contributed by atoms with Crippen molar-refractivity contribution in [3.05, 3.63) is 41.5 Å². The van der Waals surface area contributed by atoms with Crippen molar-refractivity contribution < 1.29 is 17.5 Å². The smallest absolute Gasteiger partial charge is 0.246 e. The Morgan fingerprint density at radius 3 is 2.67 bits per heavy atom. The predicted molar refractivity (Wildman–Crippen MR) is 84.4 cm³/mol. The Hall–Kier alpha value is -1.84. The second-order valence-corrected chi connectivity index (χ2v) is 7.78. The minimum atomic E-state index is -3.95. The number of halogens is 1. The largest absolute Gasteiger partial charge is 0.379 e. The zero-order valence-corrected chi connectivity index (χ0v) is 14.5. The van der Waals surface area contributed by atoms with Crippen LogP contribution in [0.25, 0.3) is 0 Å². The SMILES string of the molecule is CO[C@@H]1CN(S(=O)(=O)c2c(C)cccc2F)C[C@H]1c1cn(C)nn1. The third kappa shape index (κ3) is 2.83. The first kappa shape index (κ1) is 17.0. The summed E-state index contributed by atoms with van der Waals surface area (Å²) in [5.41, 5.74) is 1.04. The van der Waals surface area contributed by atoms with Gasteiger partial charge in [0.25, 0.3) is 0 Å². The Bertz CT molecular complexity index is 832. The molecule has 2 aromatic rings. The van der Waals surface area contributed by atoms with Crippen molar-refractivity contribution in [2.24, 2.45) is 7.05 Å². The summed E-state index contributed by atoms with van der Waals surface area (Å²) in [5, 5.41) is 7.94. The molecule has 9 heteroatoms. The van der Waals surface area contributed by atoms with E-state index in [1.54, 1.807) is 30.9 Å². The lowest BCUT2D eigenvalue weighted by atomic mass is 10.0. The van der Waals surface area contributed by atoms with E-state index >= 15 is 0 Å². The number of hydrogen-bond acceptors (Lipinski definition) is 5. The van der Waals surface area contributed by atoms with E-state index in [2.05, 4.69) is 10.3 Å². The topological polar surface area (TPSA) is 77.3 Å². The van der Waals surface area contributed by atoms with Crippen molar-refractivity contribution in [2.75, 3.05) is 20.2 Å². The molecule has 3 rings (SSSR count). The molecule has 0 radical (unpaired) electrons. The molecular weight excluding hydrogens is 335 g/mol. The lowest BCUT2D eigenvalue weighted by Gasteiger charge is -2.18. The lowest BCUT2D eigenvalue weighted by molar-refractivity contribution is 0.101. The number of benzene rings is 1. The number of methoxy groups -OCH3 is 1. The average molecular weight is 354 g/mol. The predicted octanol–water partition coefficient (Wildman–Crippen LogP) is 1.07. The van der Waals surface area contributed by atoms with E-state index in [0.29, 0.717) is 11.3 Å². The molecule has 0 N–H and O–H groups in total. The third-order valence-corrected chi connectivity index (χ3v) is 6.31. The van der Waals surface area contributed by atoms with Crippen molar-refractivity contribution in [2.45, 2.75) is 23.8 Å². The maximum Gasteiger partial charge on any atom is 0.246 e. The molecule has 0 amide bonds. The standard InChI is InChI=1S/C15H19FN4O3S/c1-10-5-4-6-12(16)15(10)24(21,22)20-7-11(14(9-20)23-3)13-8-19(2)18-17-13/h4-6,8,11,14H,7,9H2,1-3H3/t11-,14+/m0/s1. The highest BCUT2D eigenvalue weighted by molar-refractivity contribution is 7.89. The van der Waals surface area contributed by atoms with Crippen molar-refractivity contribution in [1.82, 2.24) is 19.3 Å². The van der Waals surface area contributed by atoms with Gasteiger partial charge in [-0.05, 0) is 18.6 Å². The van der Waals surface area contributed by atoms with E-state index in [0.717, 1.165) is 6.07 Å². The van der Waals surface area contributed by atoms with Crippen molar-refractivity contribution >= 4 is 10.0 Å². The fourth-order valence-electron chi connectivity index (χ4n) is 3.07. The van der Waals surface area contributed by atoms with E-state index in [1.807, 2.05) is 0 Å². The second kappa shape index (κ2) is 6.23. The summed E-state index contributed by atoms with van der Waals surface area (Å²) < 4.78 is 48.2. The van der Waals surface area contributed by atoms with Crippen LogP contribution in [0.5, 0.6) is 0 Å². The highest BCUT2D eigenvalue weighted by Crippen LogP contribution is 2.33. The first-order chi connectivity index (χ1) is 11.3. The van der Waals surface area contributed by atoms with Crippen LogP contribution in [0.1, 0.15) is 17.2 Å². The maximum absolute atomic E-state index is 14.1. The van der Waals surface area contributed by atoms with Crippen LogP contribution in [0.2, 0.25) is 0 Å². The molecule has 0 saturated carbocycles. The van der Waals surface area contributed by atoms with Crippen LogP contribution in [0, 0.1) is 12.7 Å². The van der Waals surface area contributed by atoms with Gasteiger partial charge in [-0.3, -0.25) is 4.68 Å². The molecule has 2 atom stereocenters. The summed E-state index contributed by atoms with van der Waals surface area (Å²) in [6.45, 7) is 1.90. The zero-order valence-electron chi connectivity index (χ0n) is 13.7.